The van der Waals surface area contributed by atoms with E-state index in [4.69, 9.17) is 0 Å². The predicted octanol–water partition coefficient (Wildman–Crippen LogP) is 2.69. The summed E-state index contributed by atoms with van der Waals surface area (Å²) in [5.41, 5.74) is -2.41. The first-order chi connectivity index (χ1) is 15.3. The molecule has 13 heteroatoms. The topological polar surface area (TPSA) is 126 Å². The molecule has 0 aliphatic heterocycles. The molecule has 0 saturated heterocycles. The number of aromatic nitrogens is 5. The average molecular weight is 465 g/mol. The number of hydrogen-bond donors (Lipinski definition) is 3. The van der Waals surface area contributed by atoms with Gasteiger partial charge in [0.15, 0.2) is 17.1 Å². The highest BCUT2D eigenvalue weighted by molar-refractivity contribution is 5.96. The van der Waals surface area contributed by atoms with Gasteiger partial charge >= 0.3 is 6.18 Å². The molecule has 33 heavy (non-hydrogen) atoms. The summed E-state index contributed by atoms with van der Waals surface area (Å²) < 4.78 is 40.5. The Labute approximate surface area is 185 Å². The molecule has 176 valence electrons. The van der Waals surface area contributed by atoms with Gasteiger partial charge in [-0.3, -0.25) is 14.2 Å². The summed E-state index contributed by atoms with van der Waals surface area (Å²) >= 11 is 0. The second kappa shape index (κ2) is 7.74. The molecular formula is C20H22F3N7O3. The van der Waals surface area contributed by atoms with E-state index in [-0.39, 0.29) is 35.3 Å². The highest BCUT2D eigenvalue weighted by atomic mass is 19.4. The fourth-order valence-corrected chi connectivity index (χ4v) is 3.20. The first-order valence-corrected chi connectivity index (χ1v) is 10.2. The maximum Gasteiger partial charge on any atom is 0.434 e. The standard InChI is InChI=1S/C20H22F3N7O3/c1-19(2,3)9-29-14-6-12(27-13-8-24-11(7-25-13)20(21,22)23)28-30(14)18(33)15(17(29)32)16(31)26-10-4-5-10/h6-8,10,33H,4-5,9H2,1-3H3,(H,26,31)(H,25,27,28). The number of halogens is 3. The fraction of sp³-hybridized carbons (Fsp3) is 0.450. The third-order valence-corrected chi connectivity index (χ3v) is 4.82. The largest absolute Gasteiger partial charge is 0.492 e. The molecule has 1 saturated carbocycles. The van der Waals surface area contributed by atoms with E-state index in [0.717, 1.165) is 23.6 Å². The van der Waals surface area contributed by atoms with Crippen LogP contribution in [0, 0.1) is 5.41 Å². The summed E-state index contributed by atoms with van der Waals surface area (Å²) in [6.45, 7) is 5.92. The molecule has 10 nitrogen and oxygen atoms in total. The first-order valence-electron chi connectivity index (χ1n) is 10.2. The number of nitrogens with one attached hydrogen (secondary N) is 2. The van der Waals surface area contributed by atoms with Crippen LogP contribution in [0.2, 0.25) is 0 Å². The lowest BCUT2D eigenvalue weighted by atomic mass is 9.97. The Morgan fingerprint density at radius 3 is 2.42 bits per heavy atom. The van der Waals surface area contributed by atoms with Gasteiger partial charge in [-0.2, -0.15) is 17.7 Å². The van der Waals surface area contributed by atoms with Gasteiger partial charge in [0.05, 0.1) is 12.4 Å². The minimum Gasteiger partial charge on any atom is -0.492 e. The monoisotopic (exact) mass is 465 g/mol. The molecule has 3 N–H and O–H groups in total. The lowest BCUT2D eigenvalue weighted by molar-refractivity contribution is -0.141. The van der Waals surface area contributed by atoms with Crippen molar-refractivity contribution < 1.29 is 23.1 Å². The normalized spacial score (nSPS) is 14.5. The quantitative estimate of drug-likeness (QED) is 0.529. The molecule has 0 radical (unpaired) electrons. The zero-order valence-electron chi connectivity index (χ0n) is 18.1. The second-order valence-corrected chi connectivity index (χ2v) is 9.11. The number of fused-ring (bicyclic) bond motifs is 1. The highest BCUT2D eigenvalue weighted by Gasteiger charge is 2.33. The number of nitrogens with zero attached hydrogens (tertiary/aromatic N) is 5. The van der Waals surface area contributed by atoms with Gasteiger partial charge in [0.25, 0.3) is 11.5 Å². The molecule has 3 aromatic heterocycles. The van der Waals surface area contributed by atoms with Gasteiger partial charge in [-0.05, 0) is 18.3 Å². The van der Waals surface area contributed by atoms with Crippen LogP contribution in [-0.2, 0) is 12.7 Å². The summed E-state index contributed by atoms with van der Waals surface area (Å²) in [4.78, 5) is 32.8. The molecule has 1 amide bonds. The van der Waals surface area contributed by atoms with Gasteiger partial charge in [-0.1, -0.05) is 20.8 Å². The number of amides is 1. The molecule has 1 aliphatic carbocycles. The Bertz CT molecular complexity index is 1270. The fourth-order valence-electron chi connectivity index (χ4n) is 3.20. The van der Waals surface area contributed by atoms with Crippen LogP contribution in [0.1, 0.15) is 49.7 Å². The second-order valence-electron chi connectivity index (χ2n) is 9.11. The summed E-state index contributed by atoms with van der Waals surface area (Å²) in [5.74, 6) is -1.27. The van der Waals surface area contributed by atoms with E-state index in [1.807, 2.05) is 20.8 Å². The van der Waals surface area contributed by atoms with Crippen molar-refractivity contribution in [1.82, 2.24) is 29.5 Å². The molecular weight excluding hydrogens is 443 g/mol. The van der Waals surface area contributed by atoms with Crippen molar-refractivity contribution in [3.05, 3.63) is 40.1 Å². The van der Waals surface area contributed by atoms with Crippen LogP contribution in [0.3, 0.4) is 0 Å². The molecule has 3 aromatic rings. The first kappa shape index (κ1) is 22.6. The Morgan fingerprint density at radius 1 is 1.18 bits per heavy atom. The van der Waals surface area contributed by atoms with Gasteiger partial charge in [-0.15, -0.1) is 5.10 Å². The van der Waals surface area contributed by atoms with Gasteiger partial charge in [0.2, 0.25) is 5.88 Å². The van der Waals surface area contributed by atoms with Gasteiger partial charge in [0.1, 0.15) is 11.5 Å². The van der Waals surface area contributed by atoms with E-state index in [2.05, 4.69) is 25.7 Å². The van der Waals surface area contributed by atoms with E-state index in [0.29, 0.717) is 6.20 Å². The highest BCUT2D eigenvalue weighted by Crippen LogP contribution is 2.28. The van der Waals surface area contributed by atoms with Crippen LogP contribution in [0.15, 0.2) is 23.3 Å². The molecule has 1 aliphatic rings. The number of rotatable bonds is 5. The minimum absolute atomic E-state index is 0.0256. The van der Waals surface area contributed by atoms with Crippen molar-refractivity contribution in [2.24, 2.45) is 5.41 Å². The number of alkyl halides is 3. The summed E-state index contributed by atoms with van der Waals surface area (Å²) in [6, 6.07) is 1.39. The Morgan fingerprint density at radius 2 is 1.88 bits per heavy atom. The van der Waals surface area contributed by atoms with Crippen LogP contribution in [0.25, 0.3) is 5.65 Å². The summed E-state index contributed by atoms with van der Waals surface area (Å²) in [6.07, 6.45) is -1.56. The van der Waals surface area contributed by atoms with Gasteiger partial charge in [0, 0.05) is 18.7 Å². The Hall–Kier alpha value is -3.64. The van der Waals surface area contributed by atoms with Crippen LogP contribution in [-0.4, -0.2) is 41.2 Å². The van der Waals surface area contributed by atoms with Gasteiger partial charge < -0.3 is 15.7 Å². The van der Waals surface area contributed by atoms with E-state index in [1.165, 1.54) is 10.6 Å². The van der Waals surface area contributed by atoms with E-state index < -0.39 is 34.8 Å². The molecule has 1 fully saturated rings. The lowest BCUT2D eigenvalue weighted by Crippen LogP contribution is -2.37. The van der Waals surface area contributed by atoms with Crippen molar-refractivity contribution in [2.75, 3.05) is 5.32 Å². The number of carbonyl (C=O) groups excluding carboxylic acids is 1. The molecule has 0 unspecified atom stereocenters. The predicted molar refractivity (Wildman–Crippen MR) is 111 cm³/mol. The Balaban J connectivity index is 1.77. The molecule has 3 heterocycles. The number of aromatic hydroxyl groups is 1. The molecule has 0 atom stereocenters. The maximum absolute atomic E-state index is 13.2. The molecule has 0 bridgehead atoms. The smallest absolute Gasteiger partial charge is 0.434 e. The maximum atomic E-state index is 13.2. The summed E-state index contributed by atoms with van der Waals surface area (Å²) in [5, 5.41) is 20.3. The van der Waals surface area contributed by atoms with Crippen molar-refractivity contribution >= 4 is 23.2 Å². The van der Waals surface area contributed by atoms with E-state index in [1.54, 1.807) is 0 Å². The number of anilines is 2. The van der Waals surface area contributed by atoms with Crippen molar-refractivity contribution in [1.29, 1.82) is 0 Å². The van der Waals surface area contributed by atoms with E-state index in [9.17, 15) is 27.9 Å². The van der Waals surface area contributed by atoms with Crippen LogP contribution in [0.5, 0.6) is 5.88 Å². The van der Waals surface area contributed by atoms with Crippen molar-refractivity contribution in [2.45, 2.75) is 52.4 Å². The lowest BCUT2D eigenvalue weighted by Gasteiger charge is -2.21. The zero-order chi connectivity index (χ0) is 24.1. The SMILES string of the molecule is CC(C)(C)Cn1c(=O)c(C(=O)NC2CC2)c(O)n2nc(Nc3cnc(C(F)(F)F)cn3)cc12. The van der Waals surface area contributed by atoms with Crippen molar-refractivity contribution in [3.63, 3.8) is 0 Å². The van der Waals surface area contributed by atoms with Crippen LogP contribution in [0.4, 0.5) is 24.8 Å². The van der Waals surface area contributed by atoms with Crippen LogP contribution < -0.4 is 16.2 Å². The Kier molecular flexibility index (Phi) is 5.29. The van der Waals surface area contributed by atoms with Crippen LogP contribution >= 0.6 is 0 Å². The average Bonchev–Trinajstić information content (AvgIpc) is 3.40. The zero-order valence-corrected chi connectivity index (χ0v) is 18.1. The number of carbonyl (C=O) groups is 1. The molecule has 0 aromatic carbocycles. The van der Waals surface area contributed by atoms with Crippen molar-refractivity contribution in [3.8, 4) is 5.88 Å². The van der Waals surface area contributed by atoms with E-state index >= 15 is 0 Å². The third-order valence-electron chi connectivity index (χ3n) is 4.82. The molecule has 0 spiro atoms. The molecule has 4 rings (SSSR count). The van der Waals surface area contributed by atoms with Gasteiger partial charge in [-0.25, -0.2) is 9.97 Å². The minimum atomic E-state index is -4.62. The third kappa shape index (κ3) is 4.76. The number of hydrogen-bond acceptors (Lipinski definition) is 7. The summed E-state index contributed by atoms with van der Waals surface area (Å²) in [7, 11) is 0.